The van der Waals surface area contributed by atoms with Crippen LogP contribution < -0.4 is 10.9 Å². The van der Waals surface area contributed by atoms with Crippen molar-refractivity contribution in [3.63, 3.8) is 0 Å². The molecule has 146 valence electrons. The highest BCUT2D eigenvalue weighted by atomic mass is 32.2. The number of hydrogen-bond acceptors (Lipinski definition) is 6. The lowest BCUT2D eigenvalue weighted by atomic mass is 9.89. The summed E-state index contributed by atoms with van der Waals surface area (Å²) in [6.45, 7) is 7.34. The first-order chi connectivity index (χ1) is 13.0. The third-order valence-corrected chi connectivity index (χ3v) is 6.78. The molecule has 0 saturated carbocycles. The number of aryl methyl sites for hydroxylation is 1. The predicted molar refractivity (Wildman–Crippen MR) is 111 cm³/mol. The highest BCUT2D eigenvalue weighted by Gasteiger charge is 2.24. The van der Waals surface area contributed by atoms with Crippen LogP contribution >= 0.6 is 23.1 Å². The number of amides is 1. The second-order valence-corrected chi connectivity index (χ2v) is 8.79. The second-order valence-electron chi connectivity index (χ2n) is 6.76. The van der Waals surface area contributed by atoms with Gasteiger partial charge in [-0.2, -0.15) is 0 Å². The summed E-state index contributed by atoms with van der Waals surface area (Å²) in [4.78, 5) is 32.0. The van der Waals surface area contributed by atoms with Crippen LogP contribution in [0.15, 0.2) is 22.6 Å². The molecule has 0 unspecified atom stereocenters. The number of methoxy groups -OCH3 is 1. The lowest BCUT2D eigenvalue weighted by Crippen LogP contribution is -2.29. The van der Waals surface area contributed by atoms with Crippen LogP contribution in [-0.4, -0.2) is 41.5 Å². The Morgan fingerprint density at radius 3 is 3.11 bits per heavy atom. The monoisotopic (exact) mass is 407 g/mol. The number of thiophene rings is 1. The minimum absolute atomic E-state index is 0.0192. The van der Waals surface area contributed by atoms with Crippen molar-refractivity contribution >= 4 is 39.2 Å². The summed E-state index contributed by atoms with van der Waals surface area (Å²) in [6, 6.07) is 0. The van der Waals surface area contributed by atoms with Crippen molar-refractivity contribution in [3.8, 4) is 0 Å². The normalized spacial score (nSPS) is 16.3. The number of rotatable bonds is 8. The number of nitrogens with one attached hydrogen (secondary N) is 1. The van der Waals surface area contributed by atoms with Gasteiger partial charge in [-0.1, -0.05) is 24.8 Å². The first kappa shape index (κ1) is 20.1. The van der Waals surface area contributed by atoms with Crippen LogP contribution in [0.4, 0.5) is 0 Å². The number of aromatic nitrogens is 2. The van der Waals surface area contributed by atoms with Gasteiger partial charge >= 0.3 is 0 Å². The zero-order valence-electron chi connectivity index (χ0n) is 15.7. The fraction of sp³-hybridized carbons (Fsp3) is 0.526. The lowest BCUT2D eigenvalue weighted by Gasteiger charge is -2.17. The first-order valence-corrected chi connectivity index (χ1v) is 10.9. The van der Waals surface area contributed by atoms with E-state index < -0.39 is 0 Å². The molecule has 1 aliphatic carbocycles. The average Bonchev–Trinajstić information content (AvgIpc) is 3.00. The molecule has 0 aromatic carbocycles. The van der Waals surface area contributed by atoms with Gasteiger partial charge in [0.2, 0.25) is 5.91 Å². The maximum atomic E-state index is 13.2. The predicted octanol–water partition coefficient (Wildman–Crippen LogP) is 2.62. The Balaban J connectivity index is 1.90. The average molecular weight is 408 g/mol. The van der Waals surface area contributed by atoms with E-state index in [4.69, 9.17) is 9.72 Å². The lowest BCUT2D eigenvalue weighted by molar-refractivity contribution is -0.118. The van der Waals surface area contributed by atoms with Crippen molar-refractivity contribution in [3.05, 3.63) is 33.4 Å². The Morgan fingerprint density at radius 2 is 2.37 bits per heavy atom. The Hall–Kier alpha value is -1.64. The smallest absolute Gasteiger partial charge is 0.263 e. The number of ether oxygens (including phenoxy) is 1. The first-order valence-electron chi connectivity index (χ1n) is 9.09. The van der Waals surface area contributed by atoms with E-state index in [0.29, 0.717) is 30.8 Å². The SMILES string of the molecule is C=CCn1c(SCC(=O)NCCOC)nc2sc3c(c2c1=O)CC[C@@H](C)C3. The van der Waals surface area contributed by atoms with Crippen molar-refractivity contribution in [1.29, 1.82) is 0 Å². The molecule has 0 radical (unpaired) electrons. The van der Waals surface area contributed by atoms with Crippen molar-refractivity contribution < 1.29 is 9.53 Å². The molecular formula is C19H25N3O3S2. The summed E-state index contributed by atoms with van der Waals surface area (Å²) >= 11 is 2.92. The van der Waals surface area contributed by atoms with Gasteiger partial charge in [0.25, 0.3) is 5.56 Å². The highest BCUT2D eigenvalue weighted by Crippen LogP contribution is 2.36. The molecular weight excluding hydrogens is 382 g/mol. The van der Waals surface area contributed by atoms with Gasteiger partial charge in [0.1, 0.15) is 4.83 Å². The summed E-state index contributed by atoms with van der Waals surface area (Å²) < 4.78 is 6.56. The molecule has 3 rings (SSSR count). The van der Waals surface area contributed by atoms with E-state index >= 15 is 0 Å². The van der Waals surface area contributed by atoms with E-state index in [9.17, 15) is 9.59 Å². The zero-order valence-corrected chi connectivity index (χ0v) is 17.4. The van der Waals surface area contributed by atoms with Crippen molar-refractivity contribution in [2.45, 2.75) is 37.9 Å². The van der Waals surface area contributed by atoms with Crippen molar-refractivity contribution in [1.82, 2.24) is 14.9 Å². The molecule has 2 aromatic rings. The van der Waals surface area contributed by atoms with Gasteiger partial charge in [0.05, 0.1) is 17.7 Å². The summed E-state index contributed by atoms with van der Waals surface area (Å²) in [5.41, 5.74) is 1.16. The molecule has 6 nitrogen and oxygen atoms in total. The van der Waals surface area contributed by atoms with Crippen LogP contribution in [0.5, 0.6) is 0 Å². The highest BCUT2D eigenvalue weighted by molar-refractivity contribution is 7.99. The quantitative estimate of drug-likeness (QED) is 0.315. The Morgan fingerprint density at radius 1 is 1.56 bits per heavy atom. The molecule has 2 heterocycles. The van der Waals surface area contributed by atoms with Crippen LogP contribution in [0, 0.1) is 5.92 Å². The minimum atomic E-state index is -0.101. The molecule has 0 aliphatic heterocycles. The summed E-state index contributed by atoms with van der Waals surface area (Å²) in [6.07, 6.45) is 4.76. The van der Waals surface area contributed by atoms with E-state index in [1.807, 2.05) is 0 Å². The largest absolute Gasteiger partial charge is 0.383 e. The Bertz CT molecular complexity index is 904. The molecule has 1 amide bonds. The van der Waals surface area contributed by atoms with Crippen LogP contribution in [0.25, 0.3) is 10.2 Å². The molecule has 1 N–H and O–H groups in total. The number of hydrogen-bond donors (Lipinski definition) is 1. The van der Waals surface area contributed by atoms with Crippen molar-refractivity contribution in [2.24, 2.45) is 5.92 Å². The molecule has 0 spiro atoms. The fourth-order valence-corrected chi connectivity index (χ4v) is 5.54. The van der Waals surface area contributed by atoms with Gasteiger partial charge in [-0.05, 0) is 30.7 Å². The number of carbonyl (C=O) groups excluding carboxylic acids is 1. The number of thioether (sulfide) groups is 1. The molecule has 8 heteroatoms. The van der Waals surface area contributed by atoms with Gasteiger partial charge in [-0.3, -0.25) is 14.2 Å². The Kier molecular flexibility index (Phi) is 6.73. The maximum Gasteiger partial charge on any atom is 0.263 e. The standard InChI is InChI=1S/C19H25N3O3S2/c1-4-8-22-18(24)16-13-6-5-12(2)10-14(13)27-17(16)21-19(22)26-11-15(23)20-7-9-25-3/h4,12H,1,5-11H2,2-3H3,(H,20,23)/t12-/m1/s1. The molecule has 0 saturated heterocycles. The molecule has 0 fully saturated rings. The van der Waals surface area contributed by atoms with Crippen LogP contribution in [0.2, 0.25) is 0 Å². The zero-order chi connectivity index (χ0) is 19.4. The summed E-state index contributed by atoms with van der Waals surface area (Å²) in [5, 5.41) is 4.12. The van der Waals surface area contributed by atoms with Crippen LogP contribution in [0.3, 0.4) is 0 Å². The molecule has 1 aliphatic rings. The number of fused-ring (bicyclic) bond motifs is 3. The maximum absolute atomic E-state index is 13.2. The third-order valence-electron chi connectivity index (χ3n) is 4.65. The van der Waals surface area contributed by atoms with E-state index in [1.54, 1.807) is 29.1 Å². The summed E-state index contributed by atoms with van der Waals surface area (Å²) in [5.74, 6) is 0.752. The minimum Gasteiger partial charge on any atom is -0.383 e. The number of nitrogens with zero attached hydrogens (tertiary/aromatic N) is 2. The van der Waals surface area contributed by atoms with Gasteiger partial charge in [0, 0.05) is 25.1 Å². The van der Waals surface area contributed by atoms with E-state index in [0.717, 1.165) is 29.5 Å². The van der Waals surface area contributed by atoms with Gasteiger partial charge in [-0.25, -0.2) is 4.98 Å². The van der Waals surface area contributed by atoms with Crippen molar-refractivity contribution in [2.75, 3.05) is 26.0 Å². The van der Waals surface area contributed by atoms with Crippen LogP contribution in [0.1, 0.15) is 23.8 Å². The molecule has 2 aromatic heterocycles. The van der Waals surface area contributed by atoms with E-state index in [1.165, 1.54) is 22.2 Å². The summed E-state index contributed by atoms with van der Waals surface area (Å²) in [7, 11) is 1.59. The Labute approximate surface area is 167 Å². The third kappa shape index (κ3) is 4.44. The fourth-order valence-electron chi connectivity index (χ4n) is 3.28. The van der Waals surface area contributed by atoms with Crippen LogP contribution in [-0.2, 0) is 28.9 Å². The molecule has 27 heavy (non-hydrogen) atoms. The molecule has 0 bridgehead atoms. The number of carbonyl (C=O) groups is 1. The van der Waals surface area contributed by atoms with E-state index in [2.05, 4.69) is 18.8 Å². The van der Waals surface area contributed by atoms with Gasteiger partial charge in [0.15, 0.2) is 5.16 Å². The van der Waals surface area contributed by atoms with E-state index in [-0.39, 0.29) is 17.2 Å². The number of allylic oxidation sites excluding steroid dienone is 1. The molecule has 1 atom stereocenters. The topological polar surface area (TPSA) is 73.2 Å². The second kappa shape index (κ2) is 9.03. The van der Waals surface area contributed by atoms with Gasteiger partial charge < -0.3 is 10.1 Å². The van der Waals surface area contributed by atoms with Gasteiger partial charge in [-0.15, -0.1) is 17.9 Å².